The Kier molecular flexibility index (Phi) is 2.93. The lowest BCUT2D eigenvalue weighted by molar-refractivity contribution is 0.102. The number of rotatable bonds is 3. The van der Waals surface area contributed by atoms with E-state index in [4.69, 9.17) is 10.5 Å². The van der Waals surface area contributed by atoms with Gasteiger partial charge in [-0.05, 0) is 13.0 Å². The standard InChI is InChI=1S/C12H18N2O/c1-9(14-7-10(13)8-14)11-5-3-4-6-12(11)15-2/h3-6,9-10H,7-8,13H2,1-2H3/t9-/m0/s1. The fraction of sp³-hybridized carbons (Fsp3) is 0.500. The van der Waals surface area contributed by atoms with E-state index in [2.05, 4.69) is 17.9 Å². The fourth-order valence-electron chi connectivity index (χ4n) is 2.07. The summed E-state index contributed by atoms with van der Waals surface area (Å²) >= 11 is 0. The third-order valence-corrected chi connectivity index (χ3v) is 3.07. The Balaban J connectivity index is 2.14. The van der Waals surface area contributed by atoms with Gasteiger partial charge < -0.3 is 10.5 Å². The molecule has 0 radical (unpaired) electrons. The molecule has 0 spiro atoms. The summed E-state index contributed by atoms with van der Waals surface area (Å²) in [5.74, 6) is 0.963. The first-order valence-electron chi connectivity index (χ1n) is 5.35. The van der Waals surface area contributed by atoms with Crippen molar-refractivity contribution in [2.45, 2.75) is 19.0 Å². The molecule has 1 aliphatic heterocycles. The molecule has 2 rings (SSSR count). The second-order valence-electron chi connectivity index (χ2n) is 4.13. The van der Waals surface area contributed by atoms with Gasteiger partial charge in [0.25, 0.3) is 0 Å². The van der Waals surface area contributed by atoms with Gasteiger partial charge in [0, 0.05) is 30.7 Å². The number of nitrogens with zero attached hydrogens (tertiary/aromatic N) is 1. The molecule has 1 fully saturated rings. The lowest BCUT2D eigenvalue weighted by atomic mass is 10.0. The zero-order valence-corrected chi connectivity index (χ0v) is 9.31. The predicted molar refractivity (Wildman–Crippen MR) is 61.0 cm³/mol. The largest absolute Gasteiger partial charge is 0.496 e. The molecule has 0 aromatic heterocycles. The Labute approximate surface area is 90.8 Å². The van der Waals surface area contributed by atoms with Crippen LogP contribution >= 0.6 is 0 Å². The first-order chi connectivity index (χ1) is 7.22. The van der Waals surface area contributed by atoms with Gasteiger partial charge in [-0.3, -0.25) is 4.90 Å². The van der Waals surface area contributed by atoms with Gasteiger partial charge in [-0.1, -0.05) is 18.2 Å². The van der Waals surface area contributed by atoms with E-state index in [-0.39, 0.29) is 0 Å². The highest BCUT2D eigenvalue weighted by atomic mass is 16.5. The average molecular weight is 206 g/mol. The number of benzene rings is 1. The molecule has 0 amide bonds. The molecule has 0 bridgehead atoms. The second-order valence-corrected chi connectivity index (χ2v) is 4.13. The van der Waals surface area contributed by atoms with Crippen LogP contribution in [0.1, 0.15) is 18.5 Å². The summed E-state index contributed by atoms with van der Waals surface area (Å²) in [6.07, 6.45) is 0. The van der Waals surface area contributed by atoms with Gasteiger partial charge in [0.05, 0.1) is 7.11 Å². The zero-order valence-electron chi connectivity index (χ0n) is 9.31. The summed E-state index contributed by atoms with van der Waals surface area (Å²) in [5, 5.41) is 0. The number of ether oxygens (including phenoxy) is 1. The van der Waals surface area contributed by atoms with Crippen LogP contribution in [0.2, 0.25) is 0 Å². The number of hydrogen-bond donors (Lipinski definition) is 1. The highest BCUT2D eigenvalue weighted by molar-refractivity contribution is 5.35. The minimum atomic E-state index is 0.349. The van der Waals surface area contributed by atoms with E-state index in [0.29, 0.717) is 12.1 Å². The summed E-state index contributed by atoms with van der Waals surface area (Å²) in [4.78, 5) is 2.36. The van der Waals surface area contributed by atoms with E-state index < -0.39 is 0 Å². The van der Waals surface area contributed by atoms with Gasteiger partial charge in [-0.2, -0.15) is 0 Å². The van der Waals surface area contributed by atoms with Crippen LogP contribution in [0.15, 0.2) is 24.3 Å². The monoisotopic (exact) mass is 206 g/mol. The fourth-order valence-corrected chi connectivity index (χ4v) is 2.07. The molecule has 1 aromatic carbocycles. The van der Waals surface area contributed by atoms with Gasteiger partial charge in [-0.15, -0.1) is 0 Å². The highest BCUT2D eigenvalue weighted by Gasteiger charge is 2.29. The van der Waals surface area contributed by atoms with Crippen LogP contribution in [0.4, 0.5) is 0 Å². The molecule has 0 unspecified atom stereocenters. The molecule has 1 aromatic rings. The van der Waals surface area contributed by atoms with Crippen LogP contribution in [-0.4, -0.2) is 31.1 Å². The van der Waals surface area contributed by atoms with Crippen LogP contribution in [0.25, 0.3) is 0 Å². The quantitative estimate of drug-likeness (QED) is 0.812. The molecule has 1 atom stereocenters. The molecule has 0 saturated carbocycles. The molecule has 1 heterocycles. The Bertz CT molecular complexity index is 334. The zero-order chi connectivity index (χ0) is 10.8. The van der Waals surface area contributed by atoms with E-state index in [1.54, 1.807) is 7.11 Å². The van der Waals surface area contributed by atoms with Gasteiger partial charge in [0.15, 0.2) is 0 Å². The molecule has 2 N–H and O–H groups in total. The van der Waals surface area contributed by atoms with E-state index in [1.807, 2.05) is 18.2 Å². The molecule has 3 nitrogen and oxygen atoms in total. The number of likely N-dealkylation sites (tertiary alicyclic amines) is 1. The maximum Gasteiger partial charge on any atom is 0.123 e. The van der Waals surface area contributed by atoms with E-state index in [9.17, 15) is 0 Å². The average Bonchev–Trinajstić information content (AvgIpc) is 2.24. The Morgan fingerprint density at radius 1 is 1.40 bits per heavy atom. The minimum absolute atomic E-state index is 0.349. The van der Waals surface area contributed by atoms with E-state index in [0.717, 1.165) is 18.8 Å². The number of methoxy groups -OCH3 is 1. The summed E-state index contributed by atoms with van der Waals surface area (Å²) in [5.41, 5.74) is 7.02. The minimum Gasteiger partial charge on any atom is -0.496 e. The molecule has 1 aliphatic rings. The Hall–Kier alpha value is -1.06. The number of para-hydroxylation sites is 1. The van der Waals surface area contributed by atoms with Crippen LogP contribution in [0.5, 0.6) is 5.75 Å². The summed E-state index contributed by atoms with van der Waals surface area (Å²) in [7, 11) is 1.72. The molecular formula is C12H18N2O. The van der Waals surface area contributed by atoms with Crippen LogP contribution in [0.3, 0.4) is 0 Å². The van der Waals surface area contributed by atoms with Crippen molar-refractivity contribution in [3.63, 3.8) is 0 Å². The summed E-state index contributed by atoms with van der Waals surface area (Å²) in [6, 6.07) is 8.91. The third-order valence-electron chi connectivity index (χ3n) is 3.07. The van der Waals surface area contributed by atoms with E-state index >= 15 is 0 Å². The smallest absolute Gasteiger partial charge is 0.123 e. The van der Waals surface area contributed by atoms with Crippen LogP contribution in [-0.2, 0) is 0 Å². The maximum atomic E-state index is 5.78. The normalized spacial score (nSPS) is 19.7. The first-order valence-corrected chi connectivity index (χ1v) is 5.35. The van der Waals surface area contributed by atoms with Crippen molar-refractivity contribution in [1.29, 1.82) is 0 Å². The molecule has 1 saturated heterocycles. The van der Waals surface area contributed by atoms with E-state index in [1.165, 1.54) is 5.56 Å². The van der Waals surface area contributed by atoms with Crippen LogP contribution < -0.4 is 10.5 Å². The maximum absolute atomic E-state index is 5.78. The van der Waals surface area contributed by atoms with Gasteiger partial charge in [0.1, 0.15) is 5.75 Å². The van der Waals surface area contributed by atoms with Gasteiger partial charge in [0.2, 0.25) is 0 Å². The van der Waals surface area contributed by atoms with Crippen molar-refractivity contribution in [1.82, 2.24) is 4.90 Å². The molecule has 3 heteroatoms. The lowest BCUT2D eigenvalue weighted by Gasteiger charge is -2.41. The van der Waals surface area contributed by atoms with Crippen molar-refractivity contribution in [2.75, 3.05) is 20.2 Å². The van der Waals surface area contributed by atoms with Crippen molar-refractivity contribution in [3.8, 4) is 5.75 Å². The SMILES string of the molecule is COc1ccccc1[C@H](C)N1CC(N)C1. The topological polar surface area (TPSA) is 38.5 Å². The van der Waals surface area contributed by atoms with Crippen molar-refractivity contribution < 1.29 is 4.74 Å². The Morgan fingerprint density at radius 3 is 2.67 bits per heavy atom. The summed E-state index contributed by atoms with van der Waals surface area (Å²) in [6.45, 7) is 4.17. The number of nitrogens with two attached hydrogens (primary N) is 1. The molecule has 15 heavy (non-hydrogen) atoms. The molecular weight excluding hydrogens is 188 g/mol. The van der Waals surface area contributed by atoms with Gasteiger partial charge >= 0.3 is 0 Å². The van der Waals surface area contributed by atoms with Crippen molar-refractivity contribution in [3.05, 3.63) is 29.8 Å². The van der Waals surface area contributed by atoms with Gasteiger partial charge in [-0.25, -0.2) is 0 Å². The summed E-state index contributed by atoms with van der Waals surface area (Å²) < 4.78 is 5.35. The first kappa shape index (κ1) is 10.5. The van der Waals surface area contributed by atoms with Crippen molar-refractivity contribution in [2.24, 2.45) is 5.73 Å². The Morgan fingerprint density at radius 2 is 2.07 bits per heavy atom. The second kappa shape index (κ2) is 4.21. The third kappa shape index (κ3) is 1.98. The van der Waals surface area contributed by atoms with Crippen LogP contribution in [0, 0.1) is 0 Å². The molecule has 0 aliphatic carbocycles. The molecule has 82 valence electrons. The highest BCUT2D eigenvalue weighted by Crippen LogP contribution is 2.31. The number of hydrogen-bond acceptors (Lipinski definition) is 3. The lowest BCUT2D eigenvalue weighted by Crippen LogP contribution is -2.56. The predicted octanol–water partition coefficient (Wildman–Crippen LogP) is 1.40. The van der Waals surface area contributed by atoms with Crippen molar-refractivity contribution >= 4 is 0 Å².